The maximum absolute atomic E-state index is 12.8. The van der Waals surface area contributed by atoms with Crippen LogP contribution in [0.15, 0.2) is 12.1 Å². The molecule has 0 aromatic heterocycles. The number of rotatable bonds is 10. The molecule has 9 heteroatoms. The van der Waals surface area contributed by atoms with E-state index in [1.165, 1.54) is 20.3 Å². The zero-order chi connectivity index (χ0) is 22.1. The minimum atomic E-state index is -0.267. The van der Waals surface area contributed by atoms with Gasteiger partial charge in [-0.2, -0.15) is 0 Å². The predicted molar refractivity (Wildman–Crippen MR) is 116 cm³/mol. The Morgan fingerprint density at radius 3 is 2.67 bits per heavy atom. The van der Waals surface area contributed by atoms with Gasteiger partial charge in [0.05, 0.1) is 42.6 Å². The summed E-state index contributed by atoms with van der Waals surface area (Å²) in [6.07, 6.45) is 3.93. The van der Waals surface area contributed by atoms with Crippen molar-refractivity contribution < 1.29 is 23.8 Å². The number of anilines is 1. The molecular weight excluding hydrogens is 410 g/mol. The van der Waals surface area contributed by atoms with Crippen molar-refractivity contribution in [3.63, 3.8) is 0 Å². The summed E-state index contributed by atoms with van der Waals surface area (Å²) in [5.41, 5.74) is 6.50. The smallest absolute Gasteiger partial charge is 0.305 e. The van der Waals surface area contributed by atoms with Crippen molar-refractivity contribution >= 4 is 29.2 Å². The largest absolute Gasteiger partial charge is 0.496 e. The number of hydrogen-bond acceptors (Lipinski definition) is 7. The van der Waals surface area contributed by atoms with Gasteiger partial charge in [-0.3, -0.25) is 9.59 Å². The molecule has 30 heavy (non-hydrogen) atoms. The first-order valence-corrected chi connectivity index (χ1v) is 10.5. The van der Waals surface area contributed by atoms with Crippen molar-refractivity contribution in [3.8, 4) is 5.75 Å². The molecule has 3 N–H and O–H groups in total. The number of nitrogens with zero attached hydrogens (tertiary/aromatic N) is 1. The Morgan fingerprint density at radius 2 is 2.00 bits per heavy atom. The second-order valence-corrected chi connectivity index (χ2v) is 7.81. The number of esters is 1. The van der Waals surface area contributed by atoms with E-state index in [0.29, 0.717) is 28.4 Å². The molecule has 1 amide bonds. The Hall–Kier alpha value is -2.03. The first-order chi connectivity index (χ1) is 14.4. The highest BCUT2D eigenvalue weighted by atomic mass is 35.5. The maximum Gasteiger partial charge on any atom is 0.305 e. The van der Waals surface area contributed by atoms with E-state index in [1.807, 2.05) is 0 Å². The first-order valence-electron chi connectivity index (χ1n) is 10.2. The molecule has 2 atom stereocenters. The molecule has 0 unspecified atom stereocenters. The van der Waals surface area contributed by atoms with E-state index < -0.39 is 0 Å². The number of piperidine rings is 1. The Labute approximate surface area is 183 Å². The monoisotopic (exact) mass is 441 g/mol. The summed E-state index contributed by atoms with van der Waals surface area (Å²) in [5.74, 6) is -0.0464. The third kappa shape index (κ3) is 6.75. The van der Waals surface area contributed by atoms with Crippen LogP contribution in [-0.2, 0) is 14.3 Å². The van der Waals surface area contributed by atoms with Gasteiger partial charge < -0.3 is 30.2 Å². The summed E-state index contributed by atoms with van der Waals surface area (Å²) >= 11 is 6.08. The van der Waals surface area contributed by atoms with E-state index in [2.05, 4.69) is 15.0 Å². The zero-order valence-electron chi connectivity index (χ0n) is 17.9. The number of amides is 1. The van der Waals surface area contributed by atoms with Gasteiger partial charge in [0.15, 0.2) is 0 Å². The second-order valence-electron chi connectivity index (χ2n) is 7.40. The van der Waals surface area contributed by atoms with Crippen molar-refractivity contribution in [2.75, 3.05) is 46.7 Å². The molecule has 0 bridgehead atoms. The highest BCUT2D eigenvalue weighted by molar-refractivity contribution is 6.33. The van der Waals surface area contributed by atoms with Crippen molar-refractivity contribution in [2.45, 2.75) is 44.2 Å². The lowest BCUT2D eigenvalue weighted by Gasteiger charge is -2.38. The van der Waals surface area contributed by atoms with Crippen LogP contribution in [0.25, 0.3) is 0 Å². The van der Waals surface area contributed by atoms with Crippen molar-refractivity contribution in [1.29, 1.82) is 0 Å². The molecule has 1 aromatic carbocycles. The summed E-state index contributed by atoms with van der Waals surface area (Å²) < 4.78 is 15.6. The molecule has 8 nitrogen and oxygen atoms in total. The number of halogens is 1. The Morgan fingerprint density at radius 1 is 1.23 bits per heavy atom. The molecule has 1 aromatic rings. The number of ether oxygens (including phenoxy) is 3. The fourth-order valence-electron chi connectivity index (χ4n) is 3.63. The van der Waals surface area contributed by atoms with Crippen LogP contribution < -0.4 is 15.8 Å². The summed E-state index contributed by atoms with van der Waals surface area (Å²) in [5, 5.41) is 3.36. The summed E-state index contributed by atoms with van der Waals surface area (Å²) in [4.78, 5) is 26.3. The van der Waals surface area contributed by atoms with Crippen LogP contribution in [-0.4, -0.2) is 69.9 Å². The highest BCUT2D eigenvalue weighted by Gasteiger charge is 2.31. The molecule has 168 valence electrons. The topological polar surface area (TPSA) is 103 Å². The molecule has 1 saturated heterocycles. The summed E-state index contributed by atoms with van der Waals surface area (Å²) in [6.45, 7) is 2.53. The van der Waals surface area contributed by atoms with Gasteiger partial charge in [-0.25, -0.2) is 0 Å². The van der Waals surface area contributed by atoms with Crippen LogP contribution in [0.3, 0.4) is 0 Å². The number of nitrogens with one attached hydrogen (secondary N) is 1. The molecule has 0 aliphatic carbocycles. The Bertz CT molecular complexity index is 731. The van der Waals surface area contributed by atoms with E-state index >= 15 is 0 Å². The van der Waals surface area contributed by atoms with Crippen molar-refractivity contribution in [2.24, 2.45) is 0 Å². The number of methoxy groups -OCH3 is 3. The fourth-order valence-corrected chi connectivity index (χ4v) is 3.80. The standard InChI is InChI=1S/C21H32ClN3O5/c1-28-18-12-16(23)15(22)11-14(18)21(27)24-17-8-10-25(13-19(17)29-2)9-6-4-5-7-20(26)30-3/h11-12,17,19H,4-10,13,23H2,1-3H3,(H,24,27)/t17-,19+/m0/s1. The Balaban J connectivity index is 1.86. The SMILES string of the molecule is COC(=O)CCCCCN1CC[C@H](NC(=O)c2cc(Cl)c(N)cc2OC)[C@H](OC)C1. The molecular formula is C21H32ClN3O5. The fraction of sp³-hybridized carbons (Fsp3) is 0.619. The number of likely N-dealkylation sites (tertiary alicyclic amines) is 1. The van der Waals surface area contributed by atoms with Gasteiger partial charge in [0.25, 0.3) is 5.91 Å². The average Bonchev–Trinajstić information content (AvgIpc) is 2.75. The van der Waals surface area contributed by atoms with Crippen LogP contribution in [0.4, 0.5) is 5.69 Å². The molecule has 1 aliphatic rings. The Kier molecular flexibility index (Phi) is 9.68. The van der Waals surface area contributed by atoms with Gasteiger partial charge in [-0.05, 0) is 31.9 Å². The number of hydrogen-bond donors (Lipinski definition) is 2. The lowest BCUT2D eigenvalue weighted by Crippen LogP contribution is -2.54. The minimum absolute atomic E-state index is 0.112. The lowest BCUT2D eigenvalue weighted by molar-refractivity contribution is -0.140. The molecule has 1 heterocycles. The van der Waals surface area contributed by atoms with Crippen LogP contribution >= 0.6 is 11.6 Å². The van der Waals surface area contributed by atoms with Gasteiger partial charge in [-0.15, -0.1) is 0 Å². The zero-order valence-corrected chi connectivity index (χ0v) is 18.7. The first kappa shape index (κ1) is 24.2. The van der Waals surface area contributed by atoms with Gasteiger partial charge >= 0.3 is 5.97 Å². The number of benzene rings is 1. The summed E-state index contributed by atoms with van der Waals surface area (Å²) in [6, 6.07) is 2.96. The van der Waals surface area contributed by atoms with Crippen LogP contribution in [0.5, 0.6) is 5.75 Å². The van der Waals surface area contributed by atoms with E-state index in [1.54, 1.807) is 13.2 Å². The van der Waals surface area contributed by atoms with Crippen LogP contribution in [0.1, 0.15) is 42.5 Å². The number of nitrogens with two attached hydrogens (primary N) is 1. The van der Waals surface area contributed by atoms with E-state index in [9.17, 15) is 9.59 Å². The molecule has 0 spiro atoms. The lowest BCUT2D eigenvalue weighted by atomic mass is 10.00. The average molecular weight is 442 g/mol. The van der Waals surface area contributed by atoms with Gasteiger partial charge in [-0.1, -0.05) is 18.0 Å². The van der Waals surface area contributed by atoms with E-state index in [-0.39, 0.29) is 24.0 Å². The molecule has 0 saturated carbocycles. The predicted octanol–water partition coefficient (Wildman–Crippen LogP) is 2.48. The minimum Gasteiger partial charge on any atom is -0.496 e. The summed E-state index contributed by atoms with van der Waals surface area (Å²) in [7, 11) is 4.56. The number of carbonyl (C=O) groups is 2. The second kappa shape index (κ2) is 12.0. The van der Waals surface area contributed by atoms with E-state index in [0.717, 1.165) is 45.3 Å². The number of carbonyl (C=O) groups excluding carboxylic acids is 2. The number of nitrogen functional groups attached to an aromatic ring is 1. The van der Waals surface area contributed by atoms with Crippen LogP contribution in [0, 0.1) is 0 Å². The van der Waals surface area contributed by atoms with Crippen molar-refractivity contribution in [3.05, 3.63) is 22.7 Å². The van der Waals surface area contributed by atoms with Gasteiger partial charge in [0.1, 0.15) is 5.75 Å². The maximum atomic E-state index is 12.8. The normalized spacial score (nSPS) is 19.3. The van der Waals surface area contributed by atoms with Crippen LogP contribution in [0.2, 0.25) is 5.02 Å². The number of unbranched alkanes of at least 4 members (excludes halogenated alkanes) is 2. The molecule has 2 rings (SSSR count). The highest BCUT2D eigenvalue weighted by Crippen LogP contribution is 2.29. The van der Waals surface area contributed by atoms with Crippen molar-refractivity contribution in [1.82, 2.24) is 10.2 Å². The molecule has 1 aliphatic heterocycles. The van der Waals surface area contributed by atoms with E-state index in [4.69, 9.17) is 26.8 Å². The van der Waals surface area contributed by atoms with Gasteiger partial charge in [0.2, 0.25) is 0 Å². The molecule has 1 fully saturated rings. The third-order valence-corrected chi connectivity index (χ3v) is 5.74. The van der Waals surface area contributed by atoms with Gasteiger partial charge in [0, 0.05) is 32.7 Å². The third-order valence-electron chi connectivity index (χ3n) is 5.41. The quantitative estimate of drug-likeness (QED) is 0.326. The molecule has 0 radical (unpaired) electrons.